The number of aromatic nitrogens is 1. The van der Waals surface area contributed by atoms with Crippen molar-refractivity contribution in [3.05, 3.63) is 57.5 Å². The Bertz CT molecular complexity index is 716. The van der Waals surface area contributed by atoms with Crippen molar-refractivity contribution < 1.29 is 13.9 Å². The smallest absolute Gasteiger partial charge is 0.231 e. The fourth-order valence-electron chi connectivity index (χ4n) is 2.30. The zero-order valence-corrected chi connectivity index (χ0v) is 12.8. The quantitative estimate of drug-likeness (QED) is 0.932. The summed E-state index contributed by atoms with van der Waals surface area (Å²) in [5.41, 5.74) is 0.924. The van der Waals surface area contributed by atoms with E-state index in [0.717, 1.165) is 11.6 Å². The van der Waals surface area contributed by atoms with Gasteiger partial charge in [0.2, 0.25) is 11.8 Å². The maximum Gasteiger partial charge on any atom is 0.231 e. The first-order valence-corrected chi connectivity index (χ1v) is 7.30. The van der Waals surface area contributed by atoms with Gasteiger partial charge in [0.05, 0.1) is 0 Å². The molecular formula is C15H11Cl2FN2O2. The molecule has 0 radical (unpaired) electrons. The van der Waals surface area contributed by atoms with Crippen molar-refractivity contribution in [2.75, 3.05) is 6.61 Å². The molecule has 3 rings (SSSR count). The summed E-state index contributed by atoms with van der Waals surface area (Å²) in [6.45, 7) is 0.196. The number of nitrogens with zero attached hydrogens (tertiary/aromatic N) is 1. The highest BCUT2D eigenvalue weighted by atomic mass is 35.5. The molecule has 4 nitrogen and oxygen atoms in total. The first-order chi connectivity index (χ1) is 10.6. The van der Waals surface area contributed by atoms with Gasteiger partial charge < -0.3 is 10.1 Å². The number of halogens is 3. The van der Waals surface area contributed by atoms with Crippen LogP contribution in [0.1, 0.15) is 17.0 Å². The molecule has 0 fully saturated rings. The van der Waals surface area contributed by atoms with E-state index < -0.39 is 11.7 Å². The molecule has 114 valence electrons. The number of hydrogen-bond acceptors (Lipinski definition) is 3. The molecule has 0 saturated heterocycles. The summed E-state index contributed by atoms with van der Waals surface area (Å²) in [7, 11) is 0. The van der Waals surface area contributed by atoms with Crippen LogP contribution in [-0.4, -0.2) is 17.5 Å². The van der Waals surface area contributed by atoms with Crippen LogP contribution >= 0.6 is 23.2 Å². The fourth-order valence-corrected chi connectivity index (χ4v) is 2.83. The summed E-state index contributed by atoms with van der Waals surface area (Å²) >= 11 is 11.7. The Morgan fingerprint density at radius 3 is 3.05 bits per heavy atom. The van der Waals surface area contributed by atoms with Gasteiger partial charge in [-0.25, -0.2) is 9.37 Å². The molecule has 0 spiro atoms. The van der Waals surface area contributed by atoms with Crippen molar-refractivity contribution >= 4 is 29.1 Å². The van der Waals surface area contributed by atoms with E-state index >= 15 is 0 Å². The molecule has 0 saturated carbocycles. The molecule has 2 aromatic rings. The van der Waals surface area contributed by atoms with Crippen LogP contribution in [0.15, 0.2) is 30.5 Å². The van der Waals surface area contributed by atoms with Crippen molar-refractivity contribution in [3.63, 3.8) is 0 Å². The highest BCUT2D eigenvalue weighted by molar-refractivity contribution is 6.35. The van der Waals surface area contributed by atoms with Crippen LogP contribution < -0.4 is 10.1 Å². The van der Waals surface area contributed by atoms with Crippen LogP contribution in [0.25, 0.3) is 0 Å². The first-order valence-electron chi connectivity index (χ1n) is 6.55. The summed E-state index contributed by atoms with van der Waals surface area (Å²) in [5, 5.41) is 3.05. The molecule has 1 aromatic carbocycles. The molecule has 1 atom stereocenters. The third-order valence-electron chi connectivity index (χ3n) is 3.42. The summed E-state index contributed by atoms with van der Waals surface area (Å²) in [5.74, 6) is -0.823. The van der Waals surface area contributed by atoms with E-state index in [1.807, 2.05) is 0 Å². The minimum Gasteiger partial charge on any atom is -0.476 e. The first kappa shape index (κ1) is 15.1. The molecule has 1 aromatic heterocycles. The second-order valence-corrected chi connectivity index (χ2v) is 5.67. The molecule has 1 aliphatic heterocycles. The van der Waals surface area contributed by atoms with E-state index in [4.69, 9.17) is 27.9 Å². The molecule has 1 unspecified atom stereocenters. The largest absolute Gasteiger partial charge is 0.476 e. The van der Waals surface area contributed by atoms with Gasteiger partial charge in [-0.15, -0.1) is 0 Å². The van der Waals surface area contributed by atoms with Crippen LogP contribution in [0.3, 0.4) is 0 Å². The normalized spacial score (nSPS) is 16.0. The van der Waals surface area contributed by atoms with Gasteiger partial charge in [-0.2, -0.15) is 0 Å². The number of amides is 1. The summed E-state index contributed by atoms with van der Waals surface area (Å²) in [6.07, 6.45) is 1.60. The van der Waals surface area contributed by atoms with E-state index in [1.54, 1.807) is 18.3 Å². The van der Waals surface area contributed by atoms with Crippen LogP contribution in [0.2, 0.25) is 10.0 Å². The van der Waals surface area contributed by atoms with Gasteiger partial charge in [0.15, 0.2) is 0 Å². The van der Waals surface area contributed by atoms with Crippen molar-refractivity contribution in [2.45, 2.75) is 12.5 Å². The predicted octanol–water partition coefficient (Wildman–Crippen LogP) is 3.32. The lowest BCUT2D eigenvalue weighted by Crippen LogP contribution is -2.30. The Morgan fingerprint density at radius 1 is 1.45 bits per heavy atom. The highest BCUT2D eigenvalue weighted by Crippen LogP contribution is 2.31. The predicted molar refractivity (Wildman–Crippen MR) is 80.7 cm³/mol. The third-order valence-corrected chi connectivity index (χ3v) is 3.98. The van der Waals surface area contributed by atoms with Crippen LogP contribution in [0, 0.1) is 5.82 Å². The molecule has 0 bridgehead atoms. The van der Waals surface area contributed by atoms with Gasteiger partial charge in [-0.3, -0.25) is 4.79 Å². The van der Waals surface area contributed by atoms with Gasteiger partial charge >= 0.3 is 0 Å². The Kier molecular flexibility index (Phi) is 4.18. The number of pyridine rings is 1. The van der Waals surface area contributed by atoms with Crippen LogP contribution in [-0.2, 0) is 11.3 Å². The average Bonchev–Trinajstić information content (AvgIpc) is 2.90. The summed E-state index contributed by atoms with van der Waals surface area (Å²) < 4.78 is 19.2. The second-order valence-electron chi connectivity index (χ2n) is 4.83. The zero-order chi connectivity index (χ0) is 15.7. The van der Waals surface area contributed by atoms with Gasteiger partial charge in [-0.05, 0) is 18.2 Å². The Balaban J connectivity index is 1.72. The van der Waals surface area contributed by atoms with E-state index in [2.05, 4.69) is 10.3 Å². The number of rotatable bonds is 3. The minimum absolute atomic E-state index is 0.0211. The van der Waals surface area contributed by atoms with Gasteiger partial charge in [0.1, 0.15) is 18.3 Å². The number of benzene rings is 1. The maximum atomic E-state index is 13.8. The van der Waals surface area contributed by atoms with Crippen molar-refractivity contribution in [1.29, 1.82) is 0 Å². The molecule has 1 aliphatic rings. The second kappa shape index (κ2) is 6.10. The highest BCUT2D eigenvalue weighted by Gasteiger charge is 2.31. The standard InChI is InChI=1S/C15H11Cl2FN2O2/c16-8-4-12(17)10(13(18)5-8)6-20-14(21)11-7-22-15-9(11)2-1-3-19-15/h1-5,11H,6-7H2,(H,20,21). The molecule has 1 N–H and O–H groups in total. The van der Waals surface area contributed by atoms with E-state index in [1.165, 1.54) is 6.07 Å². The molecule has 0 aliphatic carbocycles. The van der Waals surface area contributed by atoms with Gasteiger partial charge in [0.25, 0.3) is 0 Å². The van der Waals surface area contributed by atoms with Crippen LogP contribution in [0.4, 0.5) is 4.39 Å². The topological polar surface area (TPSA) is 51.2 Å². The Hall–Kier alpha value is -1.85. The zero-order valence-electron chi connectivity index (χ0n) is 11.3. The third kappa shape index (κ3) is 2.87. The van der Waals surface area contributed by atoms with Crippen LogP contribution in [0.5, 0.6) is 5.88 Å². The number of hydrogen-bond donors (Lipinski definition) is 1. The van der Waals surface area contributed by atoms with Gasteiger partial charge in [-0.1, -0.05) is 29.3 Å². The summed E-state index contributed by atoms with van der Waals surface area (Å²) in [6, 6.07) is 6.12. The SMILES string of the molecule is O=C(NCc1c(F)cc(Cl)cc1Cl)C1COc2ncccc21. The number of carbonyl (C=O) groups is 1. The van der Waals surface area contributed by atoms with Crippen molar-refractivity contribution in [1.82, 2.24) is 10.3 Å². The average molecular weight is 341 g/mol. The van der Waals surface area contributed by atoms with Gasteiger partial charge in [0, 0.05) is 33.9 Å². The molecular weight excluding hydrogens is 330 g/mol. The fraction of sp³-hybridized carbons (Fsp3) is 0.200. The van der Waals surface area contributed by atoms with Crippen molar-refractivity contribution in [3.8, 4) is 5.88 Å². The number of ether oxygens (including phenoxy) is 1. The summed E-state index contributed by atoms with van der Waals surface area (Å²) in [4.78, 5) is 16.3. The maximum absolute atomic E-state index is 13.8. The number of fused-ring (bicyclic) bond motifs is 1. The Morgan fingerprint density at radius 2 is 2.27 bits per heavy atom. The molecule has 1 amide bonds. The molecule has 2 heterocycles. The molecule has 22 heavy (non-hydrogen) atoms. The monoisotopic (exact) mass is 340 g/mol. The number of nitrogens with one attached hydrogen (secondary N) is 1. The van der Waals surface area contributed by atoms with E-state index in [-0.39, 0.29) is 34.7 Å². The van der Waals surface area contributed by atoms with Crippen molar-refractivity contribution in [2.24, 2.45) is 0 Å². The lowest BCUT2D eigenvalue weighted by Gasteiger charge is -2.12. The lowest BCUT2D eigenvalue weighted by molar-refractivity contribution is -0.122. The molecule has 7 heteroatoms. The van der Waals surface area contributed by atoms with E-state index in [0.29, 0.717) is 5.88 Å². The lowest BCUT2D eigenvalue weighted by atomic mass is 10.0. The van der Waals surface area contributed by atoms with E-state index in [9.17, 15) is 9.18 Å². The number of carbonyl (C=O) groups excluding carboxylic acids is 1. The minimum atomic E-state index is -0.553. The Labute approximate surface area is 136 Å².